The molecule has 1 aromatic heterocycles. The minimum absolute atomic E-state index is 0.0178. The molecule has 16 heteroatoms. The number of halogens is 9. The van der Waals surface area contributed by atoms with E-state index in [1.165, 1.54) is 0 Å². The van der Waals surface area contributed by atoms with Crippen molar-refractivity contribution >= 4 is 144 Å². The molecule has 0 radical (unpaired) electrons. The number of rotatable bonds is 2. The van der Waals surface area contributed by atoms with Crippen molar-refractivity contribution in [2.45, 2.75) is 21.9 Å². The molecule has 4 atom stereocenters. The summed E-state index contributed by atoms with van der Waals surface area (Å²) in [5.41, 5.74) is -1.47. The highest BCUT2D eigenvalue weighted by molar-refractivity contribution is 9.26. The van der Waals surface area contributed by atoms with Crippen LogP contribution in [0, 0.1) is 0 Å². The lowest BCUT2D eigenvalue weighted by atomic mass is 10.2. The average Bonchev–Trinajstić information content (AvgIpc) is 2.62. The van der Waals surface area contributed by atoms with Crippen molar-refractivity contribution < 1.29 is 14.9 Å². The molecule has 25 heavy (non-hydrogen) atoms. The summed E-state index contributed by atoms with van der Waals surface area (Å²) in [6.45, 7) is 0. The van der Waals surface area contributed by atoms with Crippen molar-refractivity contribution in [1.82, 2.24) is 8.16 Å². The van der Waals surface area contributed by atoms with Gasteiger partial charge in [-0.05, 0) is 112 Å². The standard InChI is InChI=1S/C9H3Br9N2O5/c10-1-2(11)19(5(22)20(18)3(1)21)7(14)4(12)6(13,23)8(15,25-7)9(16,17)24/h4,23-24H/t4-,6+,7+,8+/m1/s1. The summed E-state index contributed by atoms with van der Waals surface area (Å²) >= 11 is 27.9. The Morgan fingerprint density at radius 3 is 2.04 bits per heavy atom. The summed E-state index contributed by atoms with van der Waals surface area (Å²) in [6.07, 6.45) is 0. The Hall–Kier alpha value is 2.88. The summed E-state index contributed by atoms with van der Waals surface area (Å²) in [5, 5.41) is 21.3. The molecule has 1 aliphatic heterocycles. The van der Waals surface area contributed by atoms with E-state index in [4.69, 9.17) is 4.74 Å². The predicted molar refractivity (Wildman–Crippen MR) is 124 cm³/mol. The number of ether oxygens (including phenoxy) is 1. The number of aliphatic hydroxyl groups is 2. The van der Waals surface area contributed by atoms with Crippen molar-refractivity contribution in [1.29, 1.82) is 0 Å². The number of nitrogens with zero attached hydrogens (tertiary/aromatic N) is 2. The van der Waals surface area contributed by atoms with E-state index in [1.54, 1.807) is 0 Å². The topological polar surface area (TPSA) is 93.7 Å². The van der Waals surface area contributed by atoms with Crippen LogP contribution in [0.25, 0.3) is 0 Å². The Labute approximate surface area is 215 Å². The van der Waals surface area contributed by atoms with Gasteiger partial charge in [0.1, 0.15) is 13.9 Å². The quantitative estimate of drug-likeness (QED) is 0.345. The summed E-state index contributed by atoms with van der Waals surface area (Å²) in [5.74, 6) is 0. The Balaban J connectivity index is 2.86. The van der Waals surface area contributed by atoms with Gasteiger partial charge in [0, 0.05) is 0 Å². The maximum Gasteiger partial charge on any atom is 0.345 e. The lowest BCUT2D eigenvalue weighted by Crippen LogP contribution is -2.55. The molecule has 1 aliphatic rings. The summed E-state index contributed by atoms with van der Waals surface area (Å²) in [6, 6.07) is 0. The molecular formula is C9H3Br9N2O5. The first-order chi connectivity index (χ1) is 11.0. The van der Waals surface area contributed by atoms with Gasteiger partial charge in [-0.15, -0.1) is 0 Å². The predicted octanol–water partition coefficient (Wildman–Crippen LogP) is 4.10. The van der Waals surface area contributed by atoms with Crippen LogP contribution in [-0.2, 0) is 9.37 Å². The molecule has 0 bridgehead atoms. The second kappa shape index (κ2) is 7.54. The van der Waals surface area contributed by atoms with Crippen LogP contribution in [0.4, 0.5) is 0 Å². The first kappa shape index (κ1) is 24.2. The highest BCUT2D eigenvalue weighted by Crippen LogP contribution is 2.65. The fraction of sp³-hybridized carbons (Fsp3) is 0.556. The van der Waals surface area contributed by atoms with Crippen molar-refractivity contribution in [3.8, 4) is 0 Å². The fourth-order valence-corrected chi connectivity index (χ4v) is 8.50. The molecule has 7 nitrogen and oxygen atoms in total. The zero-order valence-electron chi connectivity index (χ0n) is 11.0. The molecule has 0 unspecified atom stereocenters. The van der Waals surface area contributed by atoms with Crippen molar-refractivity contribution in [2.75, 3.05) is 0 Å². The molecule has 2 N–H and O–H groups in total. The average molecular weight is 938 g/mol. The van der Waals surface area contributed by atoms with E-state index in [2.05, 4.69) is 144 Å². The van der Waals surface area contributed by atoms with E-state index in [1.807, 2.05) is 0 Å². The van der Waals surface area contributed by atoms with Gasteiger partial charge in [-0.3, -0.25) is 4.79 Å². The monoisotopic (exact) mass is 929 g/mol. The summed E-state index contributed by atoms with van der Waals surface area (Å²) < 4.78 is -0.0448. The lowest BCUT2D eigenvalue weighted by Gasteiger charge is -2.38. The zero-order valence-corrected chi connectivity index (χ0v) is 25.3. The molecular weight excluding hydrogens is 935 g/mol. The highest BCUT2D eigenvalue weighted by Gasteiger charge is 2.76. The van der Waals surface area contributed by atoms with Crippen LogP contribution in [0.5, 0.6) is 0 Å². The SMILES string of the molecule is O=c1c(Br)c(Br)n([C@]2(Br)O[C@](Br)(C(O)(Br)Br)[C@](O)(Br)[C@H]2Br)c(=O)n1Br. The second-order valence-corrected chi connectivity index (χ2v) is 14.7. The van der Waals surface area contributed by atoms with Gasteiger partial charge >= 0.3 is 5.69 Å². The fourth-order valence-electron chi connectivity index (χ4n) is 1.95. The van der Waals surface area contributed by atoms with Gasteiger partial charge in [0.25, 0.3) is 5.56 Å². The van der Waals surface area contributed by atoms with Gasteiger partial charge in [-0.25, -0.2) is 9.36 Å². The van der Waals surface area contributed by atoms with E-state index in [0.717, 1.165) is 4.57 Å². The Morgan fingerprint density at radius 1 is 1.16 bits per heavy atom. The minimum Gasteiger partial charge on any atom is -0.374 e. The van der Waals surface area contributed by atoms with Crippen LogP contribution in [0.2, 0.25) is 0 Å². The zero-order chi connectivity index (χ0) is 19.7. The Bertz CT molecular complexity index is 848. The summed E-state index contributed by atoms with van der Waals surface area (Å²) in [4.78, 5) is 23.6. The number of hydrogen-bond donors (Lipinski definition) is 2. The molecule has 1 fully saturated rings. The lowest BCUT2D eigenvalue weighted by molar-refractivity contribution is -0.0999. The van der Waals surface area contributed by atoms with E-state index in [9.17, 15) is 19.8 Å². The van der Waals surface area contributed by atoms with Crippen molar-refractivity contribution in [3.05, 3.63) is 29.9 Å². The van der Waals surface area contributed by atoms with Crippen LogP contribution >= 0.6 is 144 Å². The maximum atomic E-state index is 12.7. The van der Waals surface area contributed by atoms with Gasteiger partial charge in [-0.2, -0.15) is 3.59 Å². The minimum atomic E-state index is -1.97. The molecule has 142 valence electrons. The highest BCUT2D eigenvalue weighted by atomic mass is 79.9. The van der Waals surface area contributed by atoms with Crippen LogP contribution in [0.15, 0.2) is 18.7 Å². The van der Waals surface area contributed by atoms with E-state index in [0.29, 0.717) is 3.59 Å². The van der Waals surface area contributed by atoms with Gasteiger partial charge in [0.2, 0.25) is 12.6 Å². The van der Waals surface area contributed by atoms with Crippen LogP contribution in [-0.4, -0.2) is 35.6 Å². The number of hydrogen-bond acceptors (Lipinski definition) is 5. The van der Waals surface area contributed by atoms with Crippen LogP contribution < -0.4 is 11.2 Å². The third-order valence-electron chi connectivity index (χ3n) is 3.18. The van der Waals surface area contributed by atoms with Gasteiger partial charge in [0.15, 0.2) is 4.51 Å². The third kappa shape index (κ3) is 3.51. The van der Waals surface area contributed by atoms with Crippen LogP contribution in [0.3, 0.4) is 0 Å². The largest absolute Gasteiger partial charge is 0.374 e. The Morgan fingerprint density at radius 2 is 1.64 bits per heavy atom. The molecule has 0 aliphatic carbocycles. The molecule has 1 aromatic rings. The van der Waals surface area contributed by atoms with E-state index >= 15 is 0 Å². The van der Waals surface area contributed by atoms with Gasteiger partial charge in [-0.1, -0.05) is 15.9 Å². The van der Waals surface area contributed by atoms with Gasteiger partial charge < -0.3 is 14.9 Å². The Kier molecular flexibility index (Phi) is 7.28. The maximum absolute atomic E-state index is 12.7. The van der Waals surface area contributed by atoms with Crippen molar-refractivity contribution in [3.63, 3.8) is 0 Å². The molecule has 0 aromatic carbocycles. The molecule has 1 saturated heterocycles. The molecule has 2 heterocycles. The third-order valence-corrected chi connectivity index (χ3v) is 14.4. The van der Waals surface area contributed by atoms with E-state index in [-0.39, 0.29) is 9.08 Å². The number of alkyl halides is 6. The molecule has 0 saturated carbocycles. The molecule has 2 rings (SSSR count). The summed E-state index contributed by atoms with van der Waals surface area (Å²) in [7, 11) is 0. The molecule has 0 spiro atoms. The molecule has 0 amide bonds. The second-order valence-electron chi connectivity index (χ2n) is 4.69. The van der Waals surface area contributed by atoms with Gasteiger partial charge in [0.05, 0.1) is 16.1 Å². The first-order valence-electron chi connectivity index (χ1n) is 5.67. The van der Waals surface area contributed by atoms with Crippen molar-refractivity contribution in [2.24, 2.45) is 0 Å². The number of aromatic nitrogens is 2. The van der Waals surface area contributed by atoms with E-state index < -0.39 is 33.2 Å². The smallest absolute Gasteiger partial charge is 0.345 e. The first-order valence-corrected chi connectivity index (χ1v) is 12.8. The van der Waals surface area contributed by atoms with Crippen LogP contribution in [0.1, 0.15) is 0 Å². The normalized spacial score (nSPS) is 36.0.